The Labute approximate surface area is 117 Å². The van der Waals surface area contributed by atoms with E-state index in [1.54, 1.807) is 20.3 Å². The van der Waals surface area contributed by atoms with Gasteiger partial charge in [0.1, 0.15) is 0 Å². The molecule has 0 aromatic heterocycles. The summed E-state index contributed by atoms with van der Waals surface area (Å²) in [4.78, 5) is 0. The number of nitrogens with one attached hydrogen (secondary N) is 1. The van der Waals surface area contributed by atoms with Crippen molar-refractivity contribution in [2.75, 3.05) is 25.3 Å². The van der Waals surface area contributed by atoms with Gasteiger partial charge in [-0.25, -0.2) is 0 Å². The number of para-hydroxylation sites is 1. The maximum atomic E-state index is 5.98. The summed E-state index contributed by atoms with van der Waals surface area (Å²) in [6.07, 6.45) is 0. The van der Waals surface area contributed by atoms with Crippen LogP contribution in [-0.2, 0) is 0 Å². The third-order valence-electron chi connectivity index (χ3n) is 2.72. The minimum atomic E-state index is 0.513. The summed E-state index contributed by atoms with van der Waals surface area (Å²) >= 11 is 5.98. The van der Waals surface area contributed by atoms with E-state index in [0.29, 0.717) is 22.2 Å². The first-order valence-corrected chi connectivity index (χ1v) is 6.06. The van der Waals surface area contributed by atoms with E-state index in [1.165, 1.54) is 0 Å². The molecule has 5 heteroatoms. The van der Waals surface area contributed by atoms with E-state index in [2.05, 4.69) is 5.32 Å². The SMILES string of the molecule is COc1ccc(Nc2cccc(Cl)c2N)cc1OC. The second kappa shape index (κ2) is 5.71. The highest BCUT2D eigenvalue weighted by Crippen LogP contribution is 2.33. The van der Waals surface area contributed by atoms with E-state index >= 15 is 0 Å². The third-order valence-corrected chi connectivity index (χ3v) is 3.05. The Balaban J connectivity index is 2.31. The molecular weight excluding hydrogens is 264 g/mol. The van der Waals surface area contributed by atoms with Crippen molar-refractivity contribution in [1.29, 1.82) is 0 Å². The molecule has 0 aliphatic carbocycles. The van der Waals surface area contributed by atoms with Gasteiger partial charge in [-0.15, -0.1) is 0 Å². The molecule has 0 heterocycles. The van der Waals surface area contributed by atoms with Gasteiger partial charge in [0.25, 0.3) is 0 Å². The quantitative estimate of drug-likeness (QED) is 0.838. The van der Waals surface area contributed by atoms with Crippen LogP contribution in [-0.4, -0.2) is 14.2 Å². The topological polar surface area (TPSA) is 56.5 Å². The lowest BCUT2D eigenvalue weighted by atomic mass is 10.2. The maximum Gasteiger partial charge on any atom is 0.162 e. The van der Waals surface area contributed by atoms with Crippen molar-refractivity contribution in [2.24, 2.45) is 0 Å². The van der Waals surface area contributed by atoms with Gasteiger partial charge in [-0.05, 0) is 24.3 Å². The number of hydrogen-bond acceptors (Lipinski definition) is 4. The van der Waals surface area contributed by atoms with E-state index in [4.69, 9.17) is 26.8 Å². The predicted octanol–water partition coefficient (Wildman–Crippen LogP) is 3.68. The number of hydrogen-bond donors (Lipinski definition) is 2. The summed E-state index contributed by atoms with van der Waals surface area (Å²) < 4.78 is 10.4. The van der Waals surface area contributed by atoms with Crippen LogP contribution in [0.4, 0.5) is 17.1 Å². The van der Waals surface area contributed by atoms with Crippen molar-refractivity contribution in [1.82, 2.24) is 0 Å². The predicted molar refractivity (Wildman–Crippen MR) is 78.7 cm³/mol. The van der Waals surface area contributed by atoms with Gasteiger partial charge in [0.15, 0.2) is 11.5 Å². The van der Waals surface area contributed by atoms with E-state index in [-0.39, 0.29) is 0 Å². The summed E-state index contributed by atoms with van der Waals surface area (Å²) in [5.41, 5.74) is 8.01. The van der Waals surface area contributed by atoms with Crippen LogP contribution >= 0.6 is 11.6 Å². The van der Waals surface area contributed by atoms with Gasteiger partial charge in [-0.1, -0.05) is 17.7 Å². The molecule has 0 aliphatic heterocycles. The highest BCUT2D eigenvalue weighted by atomic mass is 35.5. The first-order chi connectivity index (χ1) is 9.15. The fourth-order valence-electron chi connectivity index (χ4n) is 1.72. The number of anilines is 3. The Bertz CT molecular complexity index is 588. The lowest BCUT2D eigenvalue weighted by molar-refractivity contribution is 0.355. The molecule has 4 nitrogen and oxygen atoms in total. The van der Waals surface area contributed by atoms with Crippen molar-refractivity contribution in [2.45, 2.75) is 0 Å². The number of halogens is 1. The van der Waals surface area contributed by atoms with Crippen LogP contribution in [0.15, 0.2) is 36.4 Å². The lowest BCUT2D eigenvalue weighted by Crippen LogP contribution is -1.98. The van der Waals surface area contributed by atoms with Crippen LogP contribution < -0.4 is 20.5 Å². The van der Waals surface area contributed by atoms with Crippen LogP contribution in [0.1, 0.15) is 0 Å². The molecule has 0 amide bonds. The molecule has 0 fully saturated rings. The van der Waals surface area contributed by atoms with Gasteiger partial charge in [-0.3, -0.25) is 0 Å². The molecule has 2 aromatic carbocycles. The van der Waals surface area contributed by atoms with Crippen LogP contribution in [0.5, 0.6) is 11.5 Å². The van der Waals surface area contributed by atoms with E-state index < -0.39 is 0 Å². The zero-order chi connectivity index (χ0) is 13.8. The Morgan fingerprint density at radius 1 is 1.05 bits per heavy atom. The molecule has 0 saturated carbocycles. The first-order valence-electron chi connectivity index (χ1n) is 5.68. The molecule has 0 radical (unpaired) electrons. The summed E-state index contributed by atoms with van der Waals surface area (Å²) in [5.74, 6) is 1.32. The zero-order valence-corrected chi connectivity index (χ0v) is 11.5. The molecule has 0 atom stereocenters. The standard InChI is InChI=1S/C14H15ClN2O2/c1-18-12-7-6-9(8-13(12)19-2)17-11-5-3-4-10(15)14(11)16/h3-8,17H,16H2,1-2H3. The Morgan fingerprint density at radius 2 is 1.79 bits per heavy atom. The number of ether oxygens (including phenoxy) is 2. The number of methoxy groups -OCH3 is 2. The Hall–Kier alpha value is -2.07. The molecule has 2 rings (SSSR count). The van der Waals surface area contributed by atoms with Crippen LogP contribution in [0.2, 0.25) is 5.02 Å². The molecule has 0 unspecified atom stereocenters. The fourth-order valence-corrected chi connectivity index (χ4v) is 1.89. The second-order valence-electron chi connectivity index (χ2n) is 3.90. The molecule has 0 saturated heterocycles. The highest BCUT2D eigenvalue weighted by Gasteiger charge is 2.07. The van der Waals surface area contributed by atoms with Crippen molar-refractivity contribution in [3.05, 3.63) is 41.4 Å². The lowest BCUT2D eigenvalue weighted by Gasteiger charge is -2.13. The van der Waals surface area contributed by atoms with Gasteiger partial charge in [0.05, 0.1) is 30.6 Å². The molecule has 0 spiro atoms. The molecule has 0 aliphatic rings. The number of rotatable bonds is 4. The monoisotopic (exact) mass is 278 g/mol. The van der Waals surface area contributed by atoms with Crippen molar-refractivity contribution < 1.29 is 9.47 Å². The molecule has 100 valence electrons. The molecule has 3 N–H and O–H groups in total. The number of nitrogen functional groups attached to an aromatic ring is 1. The first kappa shape index (κ1) is 13.4. The average molecular weight is 279 g/mol. The molecule has 2 aromatic rings. The largest absolute Gasteiger partial charge is 0.493 e. The van der Waals surface area contributed by atoms with Gasteiger partial charge in [0.2, 0.25) is 0 Å². The minimum Gasteiger partial charge on any atom is -0.493 e. The fraction of sp³-hybridized carbons (Fsp3) is 0.143. The summed E-state index contributed by atoms with van der Waals surface area (Å²) in [6.45, 7) is 0. The van der Waals surface area contributed by atoms with Crippen LogP contribution in [0.25, 0.3) is 0 Å². The third kappa shape index (κ3) is 2.85. The van der Waals surface area contributed by atoms with E-state index in [0.717, 1.165) is 11.4 Å². The van der Waals surface area contributed by atoms with Gasteiger partial charge in [0, 0.05) is 11.8 Å². The highest BCUT2D eigenvalue weighted by molar-refractivity contribution is 6.33. The Morgan fingerprint density at radius 3 is 2.47 bits per heavy atom. The molecule has 0 bridgehead atoms. The minimum absolute atomic E-state index is 0.513. The van der Waals surface area contributed by atoms with Crippen molar-refractivity contribution >= 4 is 28.7 Å². The van der Waals surface area contributed by atoms with Gasteiger partial charge < -0.3 is 20.5 Å². The normalized spacial score (nSPS) is 10.1. The zero-order valence-electron chi connectivity index (χ0n) is 10.7. The van der Waals surface area contributed by atoms with Crippen LogP contribution in [0, 0.1) is 0 Å². The Kier molecular flexibility index (Phi) is 4.02. The van der Waals surface area contributed by atoms with Gasteiger partial charge >= 0.3 is 0 Å². The summed E-state index contributed by atoms with van der Waals surface area (Å²) in [5, 5.41) is 3.71. The summed E-state index contributed by atoms with van der Waals surface area (Å²) in [7, 11) is 3.19. The molecule has 19 heavy (non-hydrogen) atoms. The summed E-state index contributed by atoms with van der Waals surface area (Å²) in [6, 6.07) is 11.0. The van der Waals surface area contributed by atoms with Crippen molar-refractivity contribution in [3.63, 3.8) is 0 Å². The number of nitrogens with two attached hydrogens (primary N) is 1. The number of benzene rings is 2. The second-order valence-corrected chi connectivity index (χ2v) is 4.30. The van der Waals surface area contributed by atoms with Crippen molar-refractivity contribution in [3.8, 4) is 11.5 Å². The van der Waals surface area contributed by atoms with Crippen LogP contribution in [0.3, 0.4) is 0 Å². The smallest absolute Gasteiger partial charge is 0.162 e. The molecular formula is C14H15ClN2O2. The van der Waals surface area contributed by atoms with E-state index in [1.807, 2.05) is 30.3 Å². The average Bonchev–Trinajstić information content (AvgIpc) is 2.43. The van der Waals surface area contributed by atoms with E-state index in [9.17, 15) is 0 Å². The maximum absolute atomic E-state index is 5.98. The van der Waals surface area contributed by atoms with Gasteiger partial charge in [-0.2, -0.15) is 0 Å².